The smallest absolute Gasteiger partial charge is 0.153 e. The van der Waals surface area contributed by atoms with Crippen molar-refractivity contribution in [2.45, 2.75) is 31.3 Å². The number of anilines is 1. The monoisotopic (exact) mass is 269 g/mol. The van der Waals surface area contributed by atoms with Crippen molar-refractivity contribution in [2.24, 2.45) is 0 Å². The van der Waals surface area contributed by atoms with Crippen molar-refractivity contribution < 1.29 is 0 Å². The Kier molecular flexibility index (Phi) is 2.92. The molecule has 0 radical (unpaired) electrons. The molecule has 2 aliphatic rings. The van der Waals surface area contributed by atoms with Crippen LogP contribution in [-0.4, -0.2) is 44.8 Å². The Balaban J connectivity index is 1.47. The molecule has 0 amide bonds. The zero-order valence-corrected chi connectivity index (χ0v) is 11.4. The number of nitrogens with zero attached hydrogens (tertiary/aromatic N) is 4. The lowest BCUT2D eigenvalue weighted by atomic mass is 10.1. The second kappa shape index (κ2) is 4.90. The van der Waals surface area contributed by atoms with Crippen LogP contribution in [0.4, 0.5) is 5.69 Å². The van der Waals surface area contributed by atoms with Gasteiger partial charge in [-0.15, -0.1) is 0 Å². The lowest BCUT2D eigenvalue weighted by Gasteiger charge is -2.22. The normalized spacial score (nSPS) is 25.8. The minimum Gasteiger partial charge on any atom is -0.379 e. The number of fused-ring (bicyclic) bond motifs is 1. The average Bonchev–Trinajstić information content (AvgIpc) is 3.18. The lowest BCUT2D eigenvalue weighted by Crippen LogP contribution is -2.33. The van der Waals surface area contributed by atoms with Gasteiger partial charge in [0.25, 0.3) is 0 Å². The topological polar surface area (TPSA) is 46.0 Å². The molecule has 0 saturated carbocycles. The van der Waals surface area contributed by atoms with Gasteiger partial charge in [0, 0.05) is 31.0 Å². The molecule has 2 unspecified atom stereocenters. The molecule has 2 aromatic rings. The van der Waals surface area contributed by atoms with Gasteiger partial charge in [0.15, 0.2) is 5.82 Å². The minimum atomic E-state index is 0.579. The summed E-state index contributed by atoms with van der Waals surface area (Å²) in [7, 11) is 0. The summed E-state index contributed by atoms with van der Waals surface area (Å²) in [6.07, 6.45) is 9.50. The fourth-order valence-electron chi connectivity index (χ4n) is 3.48. The van der Waals surface area contributed by atoms with Crippen LogP contribution in [0.1, 0.15) is 19.3 Å². The predicted octanol–water partition coefficient (Wildman–Crippen LogP) is 1.92. The van der Waals surface area contributed by atoms with Gasteiger partial charge in [-0.3, -0.25) is 4.90 Å². The highest BCUT2D eigenvalue weighted by Gasteiger charge is 2.36. The maximum Gasteiger partial charge on any atom is 0.153 e. The predicted molar refractivity (Wildman–Crippen MR) is 78.0 cm³/mol. The molecule has 104 valence electrons. The summed E-state index contributed by atoms with van der Waals surface area (Å²) in [5.41, 5.74) is 1.11. The number of aromatic nitrogens is 3. The first-order valence-corrected chi connectivity index (χ1v) is 7.37. The molecular formula is C15H19N5. The molecule has 1 N–H and O–H groups in total. The van der Waals surface area contributed by atoms with Gasteiger partial charge in [-0.1, -0.05) is 0 Å². The molecule has 4 rings (SSSR count). The van der Waals surface area contributed by atoms with E-state index in [4.69, 9.17) is 0 Å². The molecular weight excluding hydrogens is 250 g/mol. The Morgan fingerprint density at radius 3 is 3.00 bits per heavy atom. The third kappa shape index (κ3) is 2.08. The molecule has 2 aliphatic heterocycles. The summed E-state index contributed by atoms with van der Waals surface area (Å²) in [5, 5.41) is 7.84. The van der Waals surface area contributed by atoms with Crippen molar-refractivity contribution in [2.75, 3.05) is 18.4 Å². The van der Waals surface area contributed by atoms with Gasteiger partial charge in [0.2, 0.25) is 0 Å². The van der Waals surface area contributed by atoms with E-state index in [9.17, 15) is 0 Å². The van der Waals surface area contributed by atoms with E-state index < -0.39 is 0 Å². The van der Waals surface area contributed by atoms with Crippen LogP contribution < -0.4 is 5.32 Å². The van der Waals surface area contributed by atoms with Crippen molar-refractivity contribution in [3.63, 3.8) is 0 Å². The zero-order valence-electron chi connectivity index (χ0n) is 11.4. The molecule has 5 heteroatoms. The Bertz CT molecular complexity index is 562. The second-order valence-electron chi connectivity index (χ2n) is 5.64. The summed E-state index contributed by atoms with van der Waals surface area (Å²) in [5.74, 6) is 0.856. The van der Waals surface area contributed by atoms with Crippen LogP contribution in [0.3, 0.4) is 0 Å². The van der Waals surface area contributed by atoms with Crippen molar-refractivity contribution in [1.82, 2.24) is 19.7 Å². The Morgan fingerprint density at radius 2 is 2.20 bits per heavy atom. The summed E-state index contributed by atoms with van der Waals surface area (Å²) in [4.78, 5) is 7.09. The average molecular weight is 269 g/mol. The van der Waals surface area contributed by atoms with E-state index in [0.29, 0.717) is 6.04 Å². The zero-order chi connectivity index (χ0) is 13.4. The van der Waals surface area contributed by atoms with Gasteiger partial charge < -0.3 is 5.32 Å². The third-order valence-corrected chi connectivity index (χ3v) is 4.45. The molecule has 0 spiro atoms. The first-order valence-electron chi connectivity index (χ1n) is 7.37. The van der Waals surface area contributed by atoms with E-state index >= 15 is 0 Å². The molecule has 2 saturated heterocycles. The van der Waals surface area contributed by atoms with E-state index in [-0.39, 0.29) is 0 Å². The van der Waals surface area contributed by atoms with Crippen molar-refractivity contribution >= 4 is 5.69 Å². The molecule has 20 heavy (non-hydrogen) atoms. The second-order valence-corrected chi connectivity index (χ2v) is 5.64. The molecule has 2 aromatic heterocycles. The van der Waals surface area contributed by atoms with Crippen LogP contribution in [-0.2, 0) is 0 Å². The van der Waals surface area contributed by atoms with Gasteiger partial charge in [0.1, 0.15) is 0 Å². The Labute approximate surface area is 118 Å². The summed E-state index contributed by atoms with van der Waals surface area (Å²) in [6.45, 7) is 2.51. The van der Waals surface area contributed by atoms with E-state index in [1.807, 2.05) is 24.5 Å². The maximum atomic E-state index is 4.47. The van der Waals surface area contributed by atoms with Crippen LogP contribution in [0.2, 0.25) is 0 Å². The van der Waals surface area contributed by atoms with Gasteiger partial charge in [0.05, 0.1) is 11.9 Å². The number of hydrogen-bond donors (Lipinski definition) is 1. The molecule has 5 nitrogen and oxygen atoms in total. The molecule has 2 fully saturated rings. The van der Waals surface area contributed by atoms with Crippen LogP contribution in [0.25, 0.3) is 5.82 Å². The fourth-order valence-corrected chi connectivity index (χ4v) is 3.48. The Morgan fingerprint density at radius 1 is 1.20 bits per heavy atom. The van der Waals surface area contributed by atoms with Crippen molar-refractivity contribution in [3.8, 4) is 5.82 Å². The standard InChI is InChI=1S/C15H19N5/c1-3-14-13(6-10-19(14)8-1)18-12-4-5-15(16-11-12)20-9-2-7-17-20/h2,4-5,7,9,11,13-14,18H,1,3,6,8,10H2. The number of rotatable bonds is 3. The van der Waals surface area contributed by atoms with Gasteiger partial charge >= 0.3 is 0 Å². The first kappa shape index (κ1) is 11.9. The minimum absolute atomic E-state index is 0.579. The van der Waals surface area contributed by atoms with Crippen molar-refractivity contribution in [1.29, 1.82) is 0 Å². The third-order valence-electron chi connectivity index (χ3n) is 4.45. The van der Waals surface area contributed by atoms with Crippen LogP contribution in [0.5, 0.6) is 0 Å². The van der Waals surface area contributed by atoms with E-state index in [1.165, 1.54) is 32.4 Å². The Hall–Kier alpha value is -1.88. The SMILES string of the molecule is c1cnn(-c2ccc(NC3CCN4CCCC34)cn2)c1. The summed E-state index contributed by atoms with van der Waals surface area (Å²) >= 11 is 0. The summed E-state index contributed by atoms with van der Waals surface area (Å²) < 4.78 is 1.78. The molecule has 4 heterocycles. The first-order chi connectivity index (χ1) is 9.90. The van der Waals surface area contributed by atoms with E-state index in [1.54, 1.807) is 10.9 Å². The maximum absolute atomic E-state index is 4.47. The van der Waals surface area contributed by atoms with Crippen LogP contribution in [0.15, 0.2) is 36.8 Å². The van der Waals surface area contributed by atoms with Gasteiger partial charge in [-0.2, -0.15) is 5.10 Å². The van der Waals surface area contributed by atoms with Gasteiger partial charge in [-0.05, 0) is 44.0 Å². The highest BCUT2D eigenvalue weighted by Crippen LogP contribution is 2.29. The number of nitrogens with one attached hydrogen (secondary N) is 1. The molecule has 0 bridgehead atoms. The molecule has 2 atom stereocenters. The lowest BCUT2D eigenvalue weighted by molar-refractivity contribution is 0.318. The molecule has 0 aliphatic carbocycles. The molecule has 0 aromatic carbocycles. The van der Waals surface area contributed by atoms with Gasteiger partial charge in [-0.25, -0.2) is 9.67 Å². The van der Waals surface area contributed by atoms with Crippen molar-refractivity contribution in [3.05, 3.63) is 36.8 Å². The van der Waals surface area contributed by atoms with Crippen LogP contribution >= 0.6 is 0 Å². The number of hydrogen-bond acceptors (Lipinski definition) is 4. The highest BCUT2D eigenvalue weighted by atomic mass is 15.3. The van der Waals surface area contributed by atoms with E-state index in [2.05, 4.69) is 26.4 Å². The van der Waals surface area contributed by atoms with Crippen LogP contribution in [0, 0.1) is 0 Å². The highest BCUT2D eigenvalue weighted by molar-refractivity contribution is 5.45. The summed E-state index contributed by atoms with van der Waals surface area (Å²) in [6, 6.07) is 7.31. The largest absolute Gasteiger partial charge is 0.379 e. The quantitative estimate of drug-likeness (QED) is 0.924. The fraction of sp³-hybridized carbons (Fsp3) is 0.467. The number of pyridine rings is 1. The van der Waals surface area contributed by atoms with E-state index in [0.717, 1.165) is 17.5 Å².